The summed E-state index contributed by atoms with van der Waals surface area (Å²) in [4.78, 5) is 45.6. The number of nitrogens with zero attached hydrogens (tertiary/aromatic N) is 5. The van der Waals surface area contributed by atoms with Gasteiger partial charge in [-0.3, -0.25) is 20.2 Å². The van der Waals surface area contributed by atoms with Crippen molar-refractivity contribution in [3.63, 3.8) is 0 Å². The van der Waals surface area contributed by atoms with Gasteiger partial charge >= 0.3 is 12.2 Å². The molecule has 0 radical (unpaired) electrons. The molecule has 0 aliphatic carbocycles. The highest BCUT2D eigenvalue weighted by Crippen LogP contribution is 2.32. The Morgan fingerprint density at radius 1 is 0.894 bits per heavy atom. The molecule has 0 saturated carbocycles. The molecule has 3 rings (SSSR count). The first-order chi connectivity index (χ1) is 22.4. The van der Waals surface area contributed by atoms with Gasteiger partial charge in [-0.05, 0) is 39.0 Å². The van der Waals surface area contributed by atoms with Crippen LogP contribution in [0.4, 0.5) is 21.0 Å². The topological polar surface area (TPSA) is 219 Å². The maximum Gasteiger partial charge on any atom is 0.514 e. The number of carbonyl (C=O) groups is 2. The fourth-order valence-corrected chi connectivity index (χ4v) is 3.79. The van der Waals surface area contributed by atoms with Gasteiger partial charge in [-0.15, -0.1) is 5.10 Å². The monoisotopic (exact) mass is 660 g/mol. The minimum Gasteiger partial charge on any atom is -0.444 e. The van der Waals surface area contributed by atoms with Crippen molar-refractivity contribution in [2.24, 2.45) is 0 Å². The van der Waals surface area contributed by atoms with Gasteiger partial charge in [0.2, 0.25) is 0 Å². The van der Waals surface area contributed by atoms with E-state index in [1.165, 1.54) is 47.3 Å². The number of aromatic nitrogens is 3. The van der Waals surface area contributed by atoms with Crippen molar-refractivity contribution >= 4 is 23.6 Å². The van der Waals surface area contributed by atoms with E-state index in [1.807, 2.05) is 0 Å². The summed E-state index contributed by atoms with van der Waals surface area (Å²) in [6, 6.07) is 10.4. The molecule has 1 amide bonds. The molecule has 0 bridgehead atoms. The van der Waals surface area contributed by atoms with E-state index in [-0.39, 0.29) is 48.1 Å². The second-order valence-electron chi connectivity index (χ2n) is 10.6. The van der Waals surface area contributed by atoms with Crippen molar-refractivity contribution in [2.45, 2.75) is 39.0 Å². The van der Waals surface area contributed by atoms with E-state index in [4.69, 9.17) is 28.4 Å². The van der Waals surface area contributed by atoms with Crippen LogP contribution in [-0.4, -0.2) is 88.9 Å². The minimum absolute atomic E-state index is 0.0295. The van der Waals surface area contributed by atoms with Gasteiger partial charge in [0.25, 0.3) is 11.4 Å². The molecule has 47 heavy (non-hydrogen) atoms. The Hall–Kier alpha value is -5.20. The quantitative estimate of drug-likeness (QED) is 0.0671. The Morgan fingerprint density at radius 3 is 2.17 bits per heavy atom. The number of alkyl carbamates (subject to hydrolysis) is 1. The fraction of sp³-hybridized carbons (Fsp3) is 0.448. The van der Waals surface area contributed by atoms with Crippen LogP contribution < -0.4 is 10.1 Å². The molecule has 2 aromatic carbocycles. The third kappa shape index (κ3) is 13.0. The Kier molecular flexibility index (Phi) is 13.9. The molecule has 1 aromatic heterocycles. The first kappa shape index (κ1) is 36.3. The SMILES string of the molecule is CC(C)(C)OC(=O)NCCOCCOCCOCCn1cc(C(OC(=O)Oc2ccc([N+](=O)[O-])cc2)c2ccccc2[N+](=O)[O-])nn1. The molecule has 18 nitrogen and oxygen atoms in total. The van der Waals surface area contributed by atoms with Crippen LogP contribution in [0.15, 0.2) is 54.7 Å². The van der Waals surface area contributed by atoms with Crippen LogP contribution in [0.2, 0.25) is 0 Å². The molecule has 0 aliphatic heterocycles. The molecule has 0 aliphatic rings. The van der Waals surface area contributed by atoms with Crippen LogP contribution in [0.25, 0.3) is 0 Å². The van der Waals surface area contributed by atoms with Crippen molar-refractivity contribution in [3.8, 4) is 5.75 Å². The largest absolute Gasteiger partial charge is 0.514 e. The van der Waals surface area contributed by atoms with Crippen LogP contribution in [-0.2, 0) is 30.2 Å². The van der Waals surface area contributed by atoms with E-state index in [0.29, 0.717) is 33.0 Å². The summed E-state index contributed by atoms with van der Waals surface area (Å²) in [5.74, 6) is -0.0354. The van der Waals surface area contributed by atoms with Gasteiger partial charge < -0.3 is 33.7 Å². The van der Waals surface area contributed by atoms with Gasteiger partial charge in [0.05, 0.1) is 67.8 Å². The highest BCUT2D eigenvalue weighted by Gasteiger charge is 2.30. The summed E-state index contributed by atoms with van der Waals surface area (Å²) < 4.78 is 33.5. The predicted octanol–water partition coefficient (Wildman–Crippen LogP) is 3.97. The average Bonchev–Trinajstić information content (AvgIpc) is 3.48. The zero-order chi connectivity index (χ0) is 34.2. The van der Waals surface area contributed by atoms with Gasteiger partial charge in [-0.2, -0.15) is 0 Å². The molecule has 1 N–H and O–H groups in total. The van der Waals surface area contributed by atoms with Crippen molar-refractivity contribution in [1.82, 2.24) is 20.3 Å². The molecule has 254 valence electrons. The fourth-order valence-electron chi connectivity index (χ4n) is 3.79. The summed E-state index contributed by atoms with van der Waals surface area (Å²) in [6.45, 7) is 7.72. The lowest BCUT2D eigenvalue weighted by Gasteiger charge is -2.19. The van der Waals surface area contributed by atoms with E-state index in [0.717, 1.165) is 12.1 Å². The molecule has 3 aromatic rings. The van der Waals surface area contributed by atoms with Crippen LogP contribution in [0.5, 0.6) is 5.75 Å². The number of nitrogens with one attached hydrogen (secondary N) is 1. The molecule has 0 saturated heterocycles. The number of hydrogen-bond donors (Lipinski definition) is 1. The number of ether oxygens (including phenoxy) is 6. The van der Waals surface area contributed by atoms with Crippen LogP contribution >= 0.6 is 0 Å². The number of rotatable bonds is 18. The van der Waals surface area contributed by atoms with Gasteiger partial charge in [0.15, 0.2) is 6.10 Å². The number of hydrogen-bond acceptors (Lipinski definition) is 14. The first-order valence-electron chi connectivity index (χ1n) is 14.4. The lowest BCUT2D eigenvalue weighted by molar-refractivity contribution is -0.386. The molecule has 0 spiro atoms. The van der Waals surface area contributed by atoms with Crippen LogP contribution in [0, 0.1) is 20.2 Å². The first-order valence-corrected chi connectivity index (χ1v) is 14.4. The number of benzene rings is 2. The normalized spacial score (nSPS) is 11.8. The Balaban J connectivity index is 1.44. The van der Waals surface area contributed by atoms with E-state index < -0.39 is 33.8 Å². The maximum atomic E-state index is 12.7. The zero-order valence-corrected chi connectivity index (χ0v) is 26.1. The molecular weight excluding hydrogens is 624 g/mol. The minimum atomic E-state index is -1.36. The zero-order valence-electron chi connectivity index (χ0n) is 26.1. The molecule has 18 heteroatoms. The average molecular weight is 661 g/mol. The Morgan fingerprint density at radius 2 is 1.53 bits per heavy atom. The molecule has 1 heterocycles. The van der Waals surface area contributed by atoms with Gasteiger partial charge in [-0.25, -0.2) is 14.3 Å². The summed E-state index contributed by atoms with van der Waals surface area (Å²) >= 11 is 0. The van der Waals surface area contributed by atoms with E-state index in [2.05, 4.69) is 15.6 Å². The third-order valence-electron chi connectivity index (χ3n) is 5.83. The molecule has 0 fully saturated rings. The number of nitro benzene ring substituents is 2. The van der Waals surface area contributed by atoms with Gasteiger partial charge in [-0.1, -0.05) is 17.3 Å². The number of nitro groups is 2. The molecular formula is C29H36N6O12. The smallest absolute Gasteiger partial charge is 0.444 e. The van der Waals surface area contributed by atoms with Crippen molar-refractivity contribution < 1.29 is 47.9 Å². The van der Waals surface area contributed by atoms with Crippen LogP contribution in [0.1, 0.15) is 38.1 Å². The summed E-state index contributed by atoms with van der Waals surface area (Å²) in [5.41, 5.74) is -0.971. The third-order valence-corrected chi connectivity index (χ3v) is 5.83. The number of non-ortho nitro benzene ring substituents is 1. The molecule has 1 unspecified atom stereocenters. The van der Waals surface area contributed by atoms with E-state index in [9.17, 15) is 29.8 Å². The lowest BCUT2D eigenvalue weighted by Crippen LogP contribution is -2.34. The Labute approximate surface area is 269 Å². The van der Waals surface area contributed by atoms with E-state index >= 15 is 0 Å². The van der Waals surface area contributed by atoms with Gasteiger partial charge in [0, 0.05) is 24.7 Å². The standard InChI is InChI=1S/C29H36N6O12/c1-29(2,3)47-27(36)30-12-14-42-16-18-44-19-17-43-15-13-33-20-24(31-32-33)26(23-6-4-5-7-25(23)35(40)41)46-28(37)45-22-10-8-21(9-11-22)34(38)39/h4-11,20,26H,12-19H2,1-3H3,(H,30,36). The number of amides is 1. The van der Waals surface area contributed by atoms with Crippen molar-refractivity contribution in [3.05, 3.63) is 86.2 Å². The van der Waals surface area contributed by atoms with E-state index in [1.54, 1.807) is 20.8 Å². The number of para-hydroxylation sites is 1. The van der Waals surface area contributed by atoms with Crippen molar-refractivity contribution in [1.29, 1.82) is 0 Å². The van der Waals surface area contributed by atoms with Gasteiger partial charge in [0.1, 0.15) is 17.0 Å². The second kappa shape index (κ2) is 18.1. The Bertz CT molecular complexity index is 1470. The maximum absolute atomic E-state index is 12.7. The highest BCUT2D eigenvalue weighted by atomic mass is 16.7. The lowest BCUT2D eigenvalue weighted by atomic mass is 10.0. The molecule has 1 atom stereocenters. The predicted molar refractivity (Wildman–Crippen MR) is 162 cm³/mol. The summed E-state index contributed by atoms with van der Waals surface area (Å²) in [7, 11) is 0. The highest BCUT2D eigenvalue weighted by molar-refractivity contribution is 5.67. The van der Waals surface area contributed by atoms with Crippen molar-refractivity contribution in [2.75, 3.05) is 46.2 Å². The summed E-state index contributed by atoms with van der Waals surface area (Å²) in [5, 5.41) is 33.2. The number of carbonyl (C=O) groups excluding carboxylic acids is 2. The summed E-state index contributed by atoms with van der Waals surface area (Å²) in [6.07, 6.45) is -1.63. The van der Waals surface area contributed by atoms with Crippen LogP contribution in [0.3, 0.4) is 0 Å². The second-order valence-corrected chi connectivity index (χ2v) is 10.6.